The highest BCUT2D eigenvalue weighted by Gasteiger charge is 2.10. The molecule has 0 saturated heterocycles. The van der Waals surface area contributed by atoms with E-state index >= 15 is 0 Å². The maximum atomic E-state index is 12.2. The Balaban J connectivity index is 2.00. The van der Waals surface area contributed by atoms with E-state index in [9.17, 15) is 20.3 Å². The molecule has 140 valence electrons. The number of amides is 1. The van der Waals surface area contributed by atoms with Crippen molar-refractivity contribution in [2.45, 2.75) is 6.42 Å². The van der Waals surface area contributed by atoms with E-state index in [0.29, 0.717) is 30.0 Å². The number of carbonyl (C=O) groups is 1. The number of benzene rings is 2. The molecule has 0 heterocycles. The standard InChI is InChI=1S/C20H20N2O5/c1-26-18-6-4-13(11-19(18)27-2)7-8-22-20(25)15(12-21)9-14-3-5-16(23)17(24)10-14/h3-6,9-11,23-24H,7-8H2,1-2H3,(H,22,25)/b15-9+. The van der Waals surface area contributed by atoms with Crippen molar-refractivity contribution >= 4 is 12.0 Å². The number of phenols is 2. The van der Waals surface area contributed by atoms with Crippen molar-refractivity contribution in [3.8, 4) is 29.1 Å². The van der Waals surface area contributed by atoms with Crippen LogP contribution in [0.2, 0.25) is 0 Å². The topological polar surface area (TPSA) is 112 Å². The lowest BCUT2D eigenvalue weighted by atomic mass is 10.1. The van der Waals surface area contributed by atoms with E-state index < -0.39 is 5.91 Å². The minimum atomic E-state index is -0.523. The summed E-state index contributed by atoms with van der Waals surface area (Å²) in [5.74, 6) is 0.105. The second-order valence-corrected chi connectivity index (χ2v) is 5.61. The van der Waals surface area contributed by atoms with Crippen LogP contribution in [0.1, 0.15) is 11.1 Å². The van der Waals surface area contributed by atoms with Crippen LogP contribution in [0.25, 0.3) is 6.08 Å². The molecule has 3 N–H and O–H groups in total. The van der Waals surface area contributed by atoms with E-state index in [1.165, 1.54) is 24.3 Å². The lowest BCUT2D eigenvalue weighted by Crippen LogP contribution is -2.26. The summed E-state index contributed by atoms with van der Waals surface area (Å²) in [5, 5.41) is 30.7. The van der Waals surface area contributed by atoms with Crippen LogP contribution >= 0.6 is 0 Å². The summed E-state index contributed by atoms with van der Waals surface area (Å²) in [7, 11) is 3.11. The predicted octanol–water partition coefficient (Wildman–Crippen LogP) is 2.38. The molecule has 1 amide bonds. The van der Waals surface area contributed by atoms with E-state index in [4.69, 9.17) is 9.47 Å². The Kier molecular flexibility index (Phi) is 6.67. The Labute approximate surface area is 157 Å². The molecule has 0 aromatic heterocycles. The van der Waals surface area contributed by atoms with Gasteiger partial charge in [0, 0.05) is 6.54 Å². The zero-order chi connectivity index (χ0) is 19.8. The van der Waals surface area contributed by atoms with Gasteiger partial charge >= 0.3 is 0 Å². The van der Waals surface area contributed by atoms with Gasteiger partial charge in [-0.1, -0.05) is 12.1 Å². The Bertz CT molecular complexity index is 900. The van der Waals surface area contributed by atoms with Crippen LogP contribution in [0.4, 0.5) is 0 Å². The third-order valence-corrected chi connectivity index (χ3v) is 3.82. The molecule has 7 heteroatoms. The van der Waals surface area contributed by atoms with E-state index in [0.717, 1.165) is 5.56 Å². The largest absolute Gasteiger partial charge is 0.504 e. The molecular formula is C20H20N2O5. The fourth-order valence-electron chi connectivity index (χ4n) is 2.40. The fourth-order valence-corrected chi connectivity index (χ4v) is 2.40. The number of nitriles is 1. The molecule has 0 aliphatic rings. The third-order valence-electron chi connectivity index (χ3n) is 3.82. The number of phenolic OH excluding ortho intramolecular Hbond substituents is 2. The van der Waals surface area contributed by atoms with E-state index in [1.54, 1.807) is 20.3 Å². The molecular weight excluding hydrogens is 348 g/mol. The number of hydrogen-bond donors (Lipinski definition) is 3. The highest BCUT2D eigenvalue weighted by molar-refractivity contribution is 6.01. The van der Waals surface area contributed by atoms with Crippen molar-refractivity contribution in [3.05, 3.63) is 53.1 Å². The summed E-state index contributed by atoms with van der Waals surface area (Å²) < 4.78 is 10.4. The average molecular weight is 368 g/mol. The van der Waals surface area contributed by atoms with Crippen LogP contribution in [-0.4, -0.2) is 36.9 Å². The van der Waals surface area contributed by atoms with Crippen molar-refractivity contribution in [2.24, 2.45) is 0 Å². The Morgan fingerprint density at radius 1 is 1.11 bits per heavy atom. The minimum absolute atomic E-state index is 0.104. The zero-order valence-corrected chi connectivity index (χ0v) is 15.0. The first-order valence-corrected chi connectivity index (χ1v) is 8.11. The molecule has 0 aliphatic heterocycles. The molecule has 0 bridgehead atoms. The second kappa shape index (κ2) is 9.15. The maximum Gasteiger partial charge on any atom is 0.261 e. The van der Waals surface area contributed by atoms with Crippen LogP contribution in [0, 0.1) is 11.3 Å². The van der Waals surface area contributed by atoms with Crippen LogP contribution in [0.15, 0.2) is 42.0 Å². The molecule has 7 nitrogen and oxygen atoms in total. The Hall–Kier alpha value is -3.66. The molecule has 0 fully saturated rings. The van der Waals surface area contributed by atoms with Crippen molar-refractivity contribution in [2.75, 3.05) is 20.8 Å². The highest BCUT2D eigenvalue weighted by atomic mass is 16.5. The molecule has 0 radical (unpaired) electrons. The summed E-state index contributed by atoms with van der Waals surface area (Å²) in [6, 6.07) is 11.4. The first-order chi connectivity index (χ1) is 13.0. The van der Waals surface area contributed by atoms with E-state index in [2.05, 4.69) is 5.32 Å². The average Bonchev–Trinajstić information content (AvgIpc) is 2.68. The normalized spacial score (nSPS) is 10.8. The monoisotopic (exact) mass is 368 g/mol. The summed E-state index contributed by atoms with van der Waals surface area (Å²) in [6.45, 7) is 0.328. The van der Waals surface area contributed by atoms with Crippen LogP contribution < -0.4 is 14.8 Å². The first kappa shape index (κ1) is 19.7. The minimum Gasteiger partial charge on any atom is -0.504 e. The van der Waals surface area contributed by atoms with Gasteiger partial charge < -0.3 is 25.0 Å². The van der Waals surface area contributed by atoms with Gasteiger partial charge in [0.05, 0.1) is 14.2 Å². The van der Waals surface area contributed by atoms with Gasteiger partial charge in [0.1, 0.15) is 11.6 Å². The number of aromatic hydroxyl groups is 2. The summed E-state index contributed by atoms with van der Waals surface area (Å²) in [6.07, 6.45) is 1.88. The quantitative estimate of drug-likeness (QED) is 0.393. The van der Waals surface area contributed by atoms with Gasteiger partial charge in [-0.25, -0.2) is 0 Å². The number of rotatable bonds is 7. The molecule has 2 aromatic rings. The molecule has 27 heavy (non-hydrogen) atoms. The molecule has 0 saturated carbocycles. The number of methoxy groups -OCH3 is 2. The molecule has 0 aliphatic carbocycles. The smallest absolute Gasteiger partial charge is 0.261 e. The number of carbonyl (C=O) groups excluding carboxylic acids is 1. The number of ether oxygens (including phenoxy) is 2. The maximum absolute atomic E-state index is 12.2. The SMILES string of the molecule is COc1ccc(CCNC(=O)/C(C#N)=C/c2ccc(O)c(O)c2)cc1OC. The van der Waals surface area contributed by atoms with Gasteiger partial charge in [0.15, 0.2) is 23.0 Å². The molecule has 0 spiro atoms. The lowest BCUT2D eigenvalue weighted by Gasteiger charge is -2.10. The van der Waals surface area contributed by atoms with Crippen LogP contribution in [0.3, 0.4) is 0 Å². The van der Waals surface area contributed by atoms with Crippen molar-refractivity contribution < 1.29 is 24.5 Å². The van der Waals surface area contributed by atoms with Gasteiger partial charge in [-0.2, -0.15) is 5.26 Å². The van der Waals surface area contributed by atoms with Gasteiger partial charge in [-0.05, 0) is 47.9 Å². The van der Waals surface area contributed by atoms with Crippen molar-refractivity contribution in [1.82, 2.24) is 5.32 Å². The first-order valence-electron chi connectivity index (χ1n) is 8.11. The van der Waals surface area contributed by atoms with Crippen LogP contribution in [0.5, 0.6) is 23.0 Å². The summed E-state index contributed by atoms with van der Waals surface area (Å²) in [4.78, 5) is 12.2. The number of nitrogens with zero attached hydrogens (tertiary/aromatic N) is 1. The number of hydrogen-bond acceptors (Lipinski definition) is 6. The lowest BCUT2D eigenvalue weighted by molar-refractivity contribution is -0.117. The summed E-state index contributed by atoms with van der Waals surface area (Å²) in [5.41, 5.74) is 1.27. The Morgan fingerprint density at radius 3 is 2.48 bits per heavy atom. The van der Waals surface area contributed by atoms with Gasteiger partial charge in [0.2, 0.25) is 0 Å². The molecule has 0 atom stereocenters. The molecule has 2 rings (SSSR count). The summed E-state index contributed by atoms with van der Waals surface area (Å²) >= 11 is 0. The fraction of sp³-hybridized carbons (Fsp3) is 0.200. The van der Waals surface area contributed by atoms with Crippen LogP contribution in [-0.2, 0) is 11.2 Å². The number of nitrogens with one attached hydrogen (secondary N) is 1. The zero-order valence-electron chi connectivity index (χ0n) is 15.0. The predicted molar refractivity (Wildman–Crippen MR) is 99.6 cm³/mol. The molecule has 2 aromatic carbocycles. The van der Waals surface area contributed by atoms with Crippen molar-refractivity contribution in [3.63, 3.8) is 0 Å². The van der Waals surface area contributed by atoms with E-state index in [-0.39, 0.29) is 17.1 Å². The third kappa shape index (κ3) is 5.16. The molecule has 0 unspecified atom stereocenters. The van der Waals surface area contributed by atoms with Gasteiger partial charge in [-0.15, -0.1) is 0 Å². The van der Waals surface area contributed by atoms with E-state index in [1.807, 2.05) is 18.2 Å². The Morgan fingerprint density at radius 2 is 1.85 bits per heavy atom. The van der Waals surface area contributed by atoms with Gasteiger partial charge in [-0.3, -0.25) is 4.79 Å². The van der Waals surface area contributed by atoms with Crippen molar-refractivity contribution in [1.29, 1.82) is 5.26 Å². The highest BCUT2D eigenvalue weighted by Crippen LogP contribution is 2.28. The second-order valence-electron chi connectivity index (χ2n) is 5.61. The van der Waals surface area contributed by atoms with Gasteiger partial charge in [0.25, 0.3) is 5.91 Å².